The van der Waals surface area contributed by atoms with Crippen molar-refractivity contribution in [3.8, 4) is 16.9 Å². The molecule has 144 valence electrons. The first-order valence-corrected chi connectivity index (χ1v) is 7.96. The summed E-state index contributed by atoms with van der Waals surface area (Å²) in [4.78, 5) is 0. The molecule has 0 radical (unpaired) electrons. The monoisotopic (exact) mass is 380 g/mol. The molecule has 2 aromatic rings. The minimum absolute atomic E-state index is 0.169. The highest BCUT2D eigenvalue weighted by atomic mass is 19.4. The van der Waals surface area contributed by atoms with E-state index >= 15 is 0 Å². The van der Waals surface area contributed by atoms with Gasteiger partial charge in [0.1, 0.15) is 5.75 Å². The van der Waals surface area contributed by atoms with Gasteiger partial charge in [0, 0.05) is 12.5 Å². The van der Waals surface area contributed by atoms with E-state index in [1.54, 1.807) is 18.2 Å². The Labute approximate surface area is 154 Å². The van der Waals surface area contributed by atoms with Crippen LogP contribution < -0.4 is 4.74 Å². The molecule has 0 amide bonds. The van der Waals surface area contributed by atoms with Crippen LogP contribution in [0.2, 0.25) is 0 Å². The maximum atomic E-state index is 12.7. The lowest BCUT2D eigenvalue weighted by atomic mass is 9.97. The van der Waals surface area contributed by atoms with Gasteiger partial charge in [-0.1, -0.05) is 18.2 Å². The summed E-state index contributed by atoms with van der Waals surface area (Å²) in [7, 11) is 1.42. The van der Waals surface area contributed by atoms with Crippen molar-refractivity contribution in [3.63, 3.8) is 0 Å². The number of benzene rings is 2. The molecule has 3 N–H and O–H groups in total. The fraction of sp³-hybridized carbons (Fsp3) is 0.263. The topological polar surface area (TPSA) is 86.4 Å². The number of rotatable bonds is 5. The number of nitrogens with one attached hydrogen (secondary N) is 2. The van der Waals surface area contributed by atoms with Crippen molar-refractivity contribution in [3.05, 3.63) is 53.6 Å². The average Bonchev–Trinajstić information content (AvgIpc) is 2.59. The molecule has 0 bridgehead atoms. The molecule has 0 fully saturated rings. The van der Waals surface area contributed by atoms with E-state index in [0.29, 0.717) is 22.4 Å². The first-order chi connectivity index (χ1) is 12.6. The highest BCUT2D eigenvalue weighted by Crippen LogP contribution is 2.34. The largest absolute Gasteiger partial charge is 0.496 e. The number of methoxy groups -OCH3 is 1. The smallest absolute Gasteiger partial charge is 0.416 e. The molecule has 1 atom stereocenters. The van der Waals surface area contributed by atoms with Crippen LogP contribution in [0, 0.1) is 10.8 Å². The second-order valence-electron chi connectivity index (χ2n) is 5.83. The second-order valence-corrected chi connectivity index (χ2v) is 5.83. The first-order valence-electron chi connectivity index (χ1n) is 7.96. The molecule has 5 nitrogen and oxygen atoms in total. The van der Waals surface area contributed by atoms with Crippen LogP contribution in [0.1, 0.15) is 30.6 Å². The van der Waals surface area contributed by atoms with Gasteiger partial charge in [-0.05, 0) is 35.4 Å². The Morgan fingerprint density at radius 2 is 1.67 bits per heavy atom. The van der Waals surface area contributed by atoms with Gasteiger partial charge in [0.05, 0.1) is 25.2 Å². The maximum absolute atomic E-state index is 12.7. The van der Waals surface area contributed by atoms with Gasteiger partial charge < -0.3 is 14.6 Å². The lowest BCUT2D eigenvalue weighted by Crippen LogP contribution is -2.12. The molecule has 0 aliphatic rings. The summed E-state index contributed by atoms with van der Waals surface area (Å²) in [6, 6.07) is 9.54. The molecule has 0 saturated heterocycles. The Kier molecular flexibility index (Phi) is 6.22. The Morgan fingerprint density at radius 1 is 1.07 bits per heavy atom. The van der Waals surface area contributed by atoms with E-state index in [-0.39, 0.29) is 18.2 Å². The zero-order chi connectivity index (χ0) is 20.2. The molecular weight excluding hydrogens is 361 g/mol. The third kappa shape index (κ3) is 5.30. The Hall–Kier alpha value is -2.87. The lowest BCUT2D eigenvalue weighted by Gasteiger charge is -2.17. The van der Waals surface area contributed by atoms with Crippen LogP contribution in [-0.4, -0.2) is 24.0 Å². The molecule has 27 heavy (non-hydrogen) atoms. The number of ether oxygens (including phenoxy) is 2. The summed E-state index contributed by atoms with van der Waals surface area (Å²) in [6.07, 6.45) is -5.72. The SMILES string of the molecule is COc1ccc(-c2ccc(C(F)(F)F)cc2)cc1C(O)CC(=N)OC(C)=N. The highest BCUT2D eigenvalue weighted by molar-refractivity contribution is 5.87. The van der Waals surface area contributed by atoms with Crippen LogP contribution in [-0.2, 0) is 10.9 Å². The summed E-state index contributed by atoms with van der Waals surface area (Å²) >= 11 is 0. The van der Waals surface area contributed by atoms with Crippen molar-refractivity contribution in [1.29, 1.82) is 10.8 Å². The van der Waals surface area contributed by atoms with Gasteiger partial charge in [-0.3, -0.25) is 10.8 Å². The van der Waals surface area contributed by atoms with E-state index in [0.717, 1.165) is 12.1 Å². The number of hydrogen-bond donors (Lipinski definition) is 3. The molecule has 2 aromatic carbocycles. The van der Waals surface area contributed by atoms with E-state index in [1.165, 1.54) is 26.2 Å². The fourth-order valence-corrected chi connectivity index (χ4v) is 2.54. The normalized spacial score (nSPS) is 12.4. The number of halogens is 3. The van der Waals surface area contributed by atoms with Gasteiger partial charge in [0.15, 0.2) is 11.8 Å². The summed E-state index contributed by atoms with van der Waals surface area (Å²) in [5, 5.41) is 25.3. The van der Waals surface area contributed by atoms with Crippen LogP contribution in [0.5, 0.6) is 5.75 Å². The molecule has 0 spiro atoms. The van der Waals surface area contributed by atoms with Crippen molar-refractivity contribution in [2.24, 2.45) is 0 Å². The quantitative estimate of drug-likeness (QED) is 0.515. The lowest BCUT2D eigenvalue weighted by molar-refractivity contribution is -0.137. The zero-order valence-corrected chi connectivity index (χ0v) is 14.7. The van der Waals surface area contributed by atoms with E-state index in [9.17, 15) is 18.3 Å². The minimum Gasteiger partial charge on any atom is -0.496 e. The van der Waals surface area contributed by atoms with Gasteiger partial charge in [-0.2, -0.15) is 13.2 Å². The van der Waals surface area contributed by atoms with Gasteiger partial charge in [-0.25, -0.2) is 0 Å². The Balaban J connectivity index is 2.31. The van der Waals surface area contributed by atoms with E-state index in [1.807, 2.05) is 0 Å². The summed E-state index contributed by atoms with van der Waals surface area (Å²) in [5.41, 5.74) is 0.758. The number of aliphatic hydroxyl groups is 1. The Morgan fingerprint density at radius 3 is 2.19 bits per heavy atom. The first kappa shape index (κ1) is 20.4. The van der Waals surface area contributed by atoms with E-state index in [2.05, 4.69) is 0 Å². The molecule has 8 heteroatoms. The van der Waals surface area contributed by atoms with Gasteiger partial charge in [-0.15, -0.1) is 0 Å². The minimum atomic E-state index is -4.41. The molecule has 0 aliphatic carbocycles. The predicted molar refractivity (Wildman–Crippen MR) is 95.2 cm³/mol. The fourth-order valence-electron chi connectivity index (χ4n) is 2.54. The molecule has 1 unspecified atom stereocenters. The molecule has 0 aliphatic heterocycles. The summed E-state index contributed by atoms with van der Waals surface area (Å²) in [5.74, 6) is -0.0767. The number of alkyl halides is 3. The molecule has 2 rings (SSSR count). The van der Waals surface area contributed by atoms with Crippen molar-refractivity contribution in [1.82, 2.24) is 0 Å². The second kappa shape index (κ2) is 8.22. The predicted octanol–water partition coefficient (Wildman–Crippen LogP) is 4.80. The van der Waals surface area contributed by atoms with Crippen LogP contribution >= 0.6 is 0 Å². The summed E-state index contributed by atoms with van der Waals surface area (Å²) in [6.45, 7) is 1.37. The van der Waals surface area contributed by atoms with Crippen molar-refractivity contribution < 1.29 is 27.8 Å². The molecule has 0 aromatic heterocycles. The summed E-state index contributed by atoms with van der Waals surface area (Å²) < 4.78 is 48.2. The Bertz CT molecular complexity index is 833. The van der Waals surface area contributed by atoms with E-state index < -0.39 is 17.8 Å². The van der Waals surface area contributed by atoms with Gasteiger partial charge >= 0.3 is 6.18 Å². The van der Waals surface area contributed by atoms with Gasteiger partial charge in [0.2, 0.25) is 0 Å². The highest BCUT2D eigenvalue weighted by Gasteiger charge is 2.30. The van der Waals surface area contributed by atoms with Crippen molar-refractivity contribution >= 4 is 11.8 Å². The molecule has 0 heterocycles. The molecular formula is C19H19F3N2O3. The third-order valence-electron chi connectivity index (χ3n) is 3.79. The standard InChI is InChI=1S/C19H19F3N2O3/c1-11(23)27-18(24)10-16(25)15-9-13(5-8-17(15)26-2)12-3-6-14(7-4-12)19(20,21)22/h3-9,16,23-25H,10H2,1-2H3. The zero-order valence-electron chi connectivity index (χ0n) is 14.7. The number of aliphatic hydroxyl groups excluding tert-OH is 1. The van der Waals surface area contributed by atoms with Crippen LogP contribution in [0.4, 0.5) is 13.2 Å². The molecule has 0 saturated carbocycles. The average molecular weight is 380 g/mol. The van der Waals surface area contributed by atoms with Crippen LogP contribution in [0.3, 0.4) is 0 Å². The van der Waals surface area contributed by atoms with Crippen molar-refractivity contribution in [2.45, 2.75) is 25.6 Å². The maximum Gasteiger partial charge on any atom is 0.416 e. The van der Waals surface area contributed by atoms with Crippen LogP contribution in [0.25, 0.3) is 11.1 Å². The van der Waals surface area contributed by atoms with Gasteiger partial charge in [0.25, 0.3) is 0 Å². The number of hydrogen-bond acceptors (Lipinski definition) is 5. The van der Waals surface area contributed by atoms with Crippen LogP contribution in [0.15, 0.2) is 42.5 Å². The third-order valence-corrected chi connectivity index (χ3v) is 3.79. The van der Waals surface area contributed by atoms with E-state index in [4.69, 9.17) is 20.3 Å². The van der Waals surface area contributed by atoms with Crippen molar-refractivity contribution in [2.75, 3.05) is 7.11 Å².